The highest BCUT2D eigenvalue weighted by Crippen LogP contribution is 2.40. The molecule has 3 nitrogen and oxygen atoms in total. The summed E-state index contributed by atoms with van der Waals surface area (Å²) >= 11 is 3.11. The predicted molar refractivity (Wildman–Crippen MR) is 128 cm³/mol. The van der Waals surface area contributed by atoms with E-state index in [9.17, 15) is 4.79 Å². The van der Waals surface area contributed by atoms with Gasteiger partial charge in [0.25, 0.3) is 0 Å². The molecule has 5 heteroatoms. The third-order valence-corrected chi connectivity index (χ3v) is 6.92. The van der Waals surface area contributed by atoms with E-state index in [4.69, 9.17) is 4.98 Å². The molecule has 0 spiro atoms. The molecule has 1 N–H and O–H groups in total. The first-order chi connectivity index (χ1) is 14.6. The van der Waals surface area contributed by atoms with Crippen LogP contribution in [0.2, 0.25) is 0 Å². The van der Waals surface area contributed by atoms with Crippen molar-refractivity contribution >= 4 is 34.7 Å². The van der Waals surface area contributed by atoms with Crippen LogP contribution in [-0.4, -0.2) is 16.6 Å². The number of nitrogens with zero attached hydrogens (tertiary/aromatic N) is 1. The van der Waals surface area contributed by atoms with Gasteiger partial charge >= 0.3 is 0 Å². The average Bonchev–Trinajstić information content (AvgIpc) is 3.20. The van der Waals surface area contributed by atoms with E-state index in [1.807, 2.05) is 62.4 Å². The van der Waals surface area contributed by atoms with E-state index < -0.39 is 0 Å². The number of carbonyl (C=O) groups is 1. The maximum Gasteiger partial charge on any atom is 0.234 e. The number of aromatic nitrogens is 1. The molecule has 1 aromatic heterocycles. The third-order valence-electron chi connectivity index (χ3n) is 4.67. The van der Waals surface area contributed by atoms with E-state index in [0.717, 1.165) is 37.3 Å². The number of thioether (sulfide) groups is 1. The number of hydrogen-bond donors (Lipinski definition) is 1. The number of hydrogen-bond acceptors (Lipinski definition) is 4. The molecule has 0 fully saturated rings. The zero-order valence-electron chi connectivity index (χ0n) is 16.9. The van der Waals surface area contributed by atoms with Crippen molar-refractivity contribution in [3.63, 3.8) is 0 Å². The molecule has 0 aliphatic rings. The van der Waals surface area contributed by atoms with Crippen LogP contribution >= 0.6 is 23.1 Å². The van der Waals surface area contributed by atoms with E-state index in [-0.39, 0.29) is 5.91 Å². The standard InChI is InChI=1S/C25H22N2OS2/c1-17-13-14-21(18(2)15-17)26-22(28)16-29-25-27-23(19-9-5-3-6-10-19)24(30-25)20-11-7-4-8-12-20/h3-15H,16H2,1-2H3,(H,26,28). The van der Waals surface area contributed by atoms with Crippen molar-refractivity contribution in [2.24, 2.45) is 0 Å². The van der Waals surface area contributed by atoms with E-state index >= 15 is 0 Å². The predicted octanol–water partition coefficient (Wildman–Crippen LogP) is 6.82. The molecule has 0 saturated heterocycles. The number of amides is 1. The molecule has 4 aromatic rings. The Morgan fingerprint density at radius 3 is 2.27 bits per heavy atom. The molecule has 0 bridgehead atoms. The molecule has 4 rings (SSSR count). The summed E-state index contributed by atoms with van der Waals surface area (Å²) in [5.74, 6) is 0.299. The molecule has 0 saturated carbocycles. The Bertz CT molecular complexity index is 1100. The monoisotopic (exact) mass is 430 g/mol. The Hall–Kier alpha value is -2.89. The lowest BCUT2D eigenvalue weighted by Gasteiger charge is -2.08. The number of aryl methyl sites for hydroxylation is 2. The molecule has 3 aromatic carbocycles. The van der Waals surface area contributed by atoms with Crippen molar-refractivity contribution in [3.05, 3.63) is 90.0 Å². The fourth-order valence-corrected chi connectivity index (χ4v) is 5.18. The molecular formula is C25H22N2OS2. The molecule has 0 unspecified atom stereocenters. The minimum Gasteiger partial charge on any atom is -0.325 e. The second-order valence-corrected chi connectivity index (χ2v) is 9.27. The normalized spacial score (nSPS) is 10.7. The van der Waals surface area contributed by atoms with E-state index in [1.54, 1.807) is 11.3 Å². The fourth-order valence-electron chi connectivity index (χ4n) is 3.21. The van der Waals surface area contributed by atoms with E-state index in [1.165, 1.54) is 17.3 Å². The maximum atomic E-state index is 12.5. The first kappa shape index (κ1) is 20.4. The topological polar surface area (TPSA) is 42.0 Å². The maximum absolute atomic E-state index is 12.5. The quantitative estimate of drug-likeness (QED) is 0.341. The minimum atomic E-state index is -0.0234. The lowest BCUT2D eigenvalue weighted by molar-refractivity contribution is -0.113. The number of nitrogens with one attached hydrogen (secondary N) is 1. The SMILES string of the molecule is Cc1ccc(NC(=O)CSc2nc(-c3ccccc3)c(-c3ccccc3)s2)c(C)c1. The summed E-state index contributed by atoms with van der Waals surface area (Å²) < 4.78 is 0.892. The fraction of sp³-hybridized carbons (Fsp3) is 0.120. The van der Waals surface area contributed by atoms with Crippen LogP contribution in [0.15, 0.2) is 83.2 Å². The van der Waals surface area contributed by atoms with Crippen molar-refractivity contribution in [1.82, 2.24) is 4.98 Å². The van der Waals surface area contributed by atoms with Gasteiger partial charge < -0.3 is 5.32 Å². The van der Waals surface area contributed by atoms with Gasteiger partial charge in [-0.1, -0.05) is 90.1 Å². The second kappa shape index (κ2) is 9.28. The lowest BCUT2D eigenvalue weighted by atomic mass is 10.1. The van der Waals surface area contributed by atoms with Crippen molar-refractivity contribution in [2.75, 3.05) is 11.1 Å². The van der Waals surface area contributed by atoms with Crippen molar-refractivity contribution < 1.29 is 4.79 Å². The van der Waals surface area contributed by atoms with Crippen LogP contribution in [0.3, 0.4) is 0 Å². The highest BCUT2D eigenvalue weighted by Gasteiger charge is 2.16. The lowest BCUT2D eigenvalue weighted by Crippen LogP contribution is -2.14. The van der Waals surface area contributed by atoms with Gasteiger partial charge in [0, 0.05) is 11.3 Å². The summed E-state index contributed by atoms with van der Waals surface area (Å²) in [4.78, 5) is 18.5. The Labute approximate surface area is 185 Å². The molecule has 0 radical (unpaired) electrons. The Kier molecular flexibility index (Phi) is 6.31. The van der Waals surface area contributed by atoms with Gasteiger partial charge in [-0.05, 0) is 31.0 Å². The summed E-state index contributed by atoms with van der Waals surface area (Å²) in [5, 5.41) is 3.01. The van der Waals surface area contributed by atoms with Gasteiger partial charge in [0.2, 0.25) is 5.91 Å². The van der Waals surface area contributed by atoms with Crippen LogP contribution in [0, 0.1) is 13.8 Å². The number of thiazole rings is 1. The van der Waals surface area contributed by atoms with Gasteiger partial charge in [0.15, 0.2) is 4.34 Å². The van der Waals surface area contributed by atoms with Gasteiger partial charge in [0.1, 0.15) is 0 Å². The van der Waals surface area contributed by atoms with Gasteiger partial charge in [0.05, 0.1) is 16.3 Å². The Morgan fingerprint density at radius 2 is 1.60 bits per heavy atom. The summed E-state index contributed by atoms with van der Waals surface area (Å²) in [6.45, 7) is 4.06. The highest BCUT2D eigenvalue weighted by molar-refractivity contribution is 8.01. The first-order valence-electron chi connectivity index (χ1n) is 9.72. The van der Waals surface area contributed by atoms with Crippen LogP contribution < -0.4 is 5.32 Å². The Balaban J connectivity index is 1.53. The zero-order chi connectivity index (χ0) is 20.9. The van der Waals surface area contributed by atoms with Crippen LogP contribution in [0.25, 0.3) is 21.7 Å². The molecule has 30 heavy (non-hydrogen) atoms. The largest absolute Gasteiger partial charge is 0.325 e. The molecule has 1 heterocycles. The number of anilines is 1. The van der Waals surface area contributed by atoms with Crippen LogP contribution in [0.4, 0.5) is 5.69 Å². The summed E-state index contributed by atoms with van der Waals surface area (Å²) in [6.07, 6.45) is 0. The number of benzene rings is 3. The average molecular weight is 431 g/mol. The van der Waals surface area contributed by atoms with Gasteiger partial charge in [-0.3, -0.25) is 4.79 Å². The van der Waals surface area contributed by atoms with E-state index in [0.29, 0.717) is 5.75 Å². The van der Waals surface area contributed by atoms with Gasteiger partial charge in [-0.2, -0.15) is 0 Å². The molecule has 0 aliphatic carbocycles. The first-order valence-corrected chi connectivity index (χ1v) is 11.5. The van der Waals surface area contributed by atoms with Crippen LogP contribution in [0.1, 0.15) is 11.1 Å². The number of rotatable bonds is 6. The van der Waals surface area contributed by atoms with Crippen molar-refractivity contribution in [3.8, 4) is 21.7 Å². The van der Waals surface area contributed by atoms with Crippen molar-refractivity contribution in [2.45, 2.75) is 18.2 Å². The number of carbonyl (C=O) groups excluding carboxylic acids is 1. The summed E-state index contributed by atoms with van der Waals surface area (Å²) in [7, 11) is 0. The van der Waals surface area contributed by atoms with Crippen LogP contribution in [-0.2, 0) is 4.79 Å². The molecule has 1 amide bonds. The van der Waals surface area contributed by atoms with Crippen LogP contribution in [0.5, 0.6) is 0 Å². The molecule has 0 aliphatic heterocycles. The highest BCUT2D eigenvalue weighted by atomic mass is 32.2. The van der Waals surface area contributed by atoms with Gasteiger partial charge in [-0.15, -0.1) is 11.3 Å². The van der Waals surface area contributed by atoms with E-state index in [2.05, 4.69) is 35.6 Å². The molecular weight excluding hydrogens is 408 g/mol. The minimum absolute atomic E-state index is 0.0234. The smallest absolute Gasteiger partial charge is 0.234 e. The third kappa shape index (κ3) is 4.81. The molecule has 150 valence electrons. The summed E-state index contributed by atoms with van der Waals surface area (Å²) in [5.41, 5.74) is 6.30. The second-order valence-electron chi connectivity index (χ2n) is 7.04. The van der Waals surface area contributed by atoms with Crippen molar-refractivity contribution in [1.29, 1.82) is 0 Å². The summed E-state index contributed by atoms with van der Waals surface area (Å²) in [6, 6.07) is 26.5. The van der Waals surface area contributed by atoms with Gasteiger partial charge in [-0.25, -0.2) is 4.98 Å². The molecule has 0 atom stereocenters. The Morgan fingerprint density at radius 1 is 0.933 bits per heavy atom. The zero-order valence-corrected chi connectivity index (χ0v) is 18.5.